The van der Waals surface area contributed by atoms with Gasteiger partial charge in [-0.05, 0) is 36.4 Å². The van der Waals surface area contributed by atoms with Gasteiger partial charge in [-0.25, -0.2) is 17.2 Å². The number of hydrogen-bond donors (Lipinski definition) is 2. The van der Waals surface area contributed by atoms with Crippen LogP contribution in [0.5, 0.6) is 0 Å². The molecule has 8 heteroatoms. The lowest BCUT2D eigenvalue weighted by atomic mass is 10.3. The Labute approximate surface area is 119 Å². The molecule has 0 bridgehead atoms. The maximum atomic E-state index is 13.5. The van der Waals surface area contributed by atoms with E-state index in [0.717, 1.165) is 24.3 Å². The van der Waals surface area contributed by atoms with Gasteiger partial charge in [0.15, 0.2) is 0 Å². The van der Waals surface area contributed by atoms with E-state index in [-0.39, 0.29) is 21.3 Å². The van der Waals surface area contributed by atoms with Gasteiger partial charge < -0.3 is 5.73 Å². The fourth-order valence-electron chi connectivity index (χ4n) is 1.45. The van der Waals surface area contributed by atoms with Crippen LogP contribution in [0.4, 0.5) is 20.2 Å². The van der Waals surface area contributed by atoms with Gasteiger partial charge in [0.25, 0.3) is 10.0 Å². The Bertz CT molecular complexity index is 766. The van der Waals surface area contributed by atoms with Gasteiger partial charge in [-0.1, -0.05) is 11.6 Å². The summed E-state index contributed by atoms with van der Waals surface area (Å²) < 4.78 is 52.8. The Balaban J connectivity index is 2.38. The van der Waals surface area contributed by atoms with Crippen molar-refractivity contribution in [1.82, 2.24) is 0 Å². The van der Waals surface area contributed by atoms with Crippen LogP contribution >= 0.6 is 11.6 Å². The second-order valence-corrected chi connectivity index (χ2v) is 6.03. The van der Waals surface area contributed by atoms with E-state index in [1.54, 1.807) is 0 Å². The third-order valence-corrected chi connectivity index (χ3v) is 4.06. The Hall–Kier alpha value is -1.86. The van der Waals surface area contributed by atoms with E-state index in [1.807, 2.05) is 4.72 Å². The smallest absolute Gasteiger partial charge is 0.262 e. The molecule has 3 N–H and O–H groups in total. The first-order valence-electron chi connectivity index (χ1n) is 5.32. The van der Waals surface area contributed by atoms with E-state index in [2.05, 4.69) is 0 Å². The highest BCUT2D eigenvalue weighted by atomic mass is 35.5. The molecule has 0 saturated heterocycles. The molecule has 0 aliphatic heterocycles. The Kier molecular flexibility index (Phi) is 3.82. The summed E-state index contributed by atoms with van der Waals surface area (Å²) in [5.74, 6) is -1.71. The summed E-state index contributed by atoms with van der Waals surface area (Å²) in [6.07, 6.45) is 0. The van der Waals surface area contributed by atoms with Crippen LogP contribution in [0.15, 0.2) is 41.3 Å². The summed E-state index contributed by atoms with van der Waals surface area (Å²) >= 11 is 5.56. The van der Waals surface area contributed by atoms with Crippen LogP contribution in [0.2, 0.25) is 5.02 Å². The maximum absolute atomic E-state index is 13.5. The second-order valence-electron chi connectivity index (χ2n) is 3.91. The van der Waals surface area contributed by atoms with Gasteiger partial charge in [0.2, 0.25) is 0 Å². The molecule has 0 unspecified atom stereocenters. The second kappa shape index (κ2) is 5.26. The summed E-state index contributed by atoms with van der Waals surface area (Å²) in [5, 5.41) is 0.129. The Morgan fingerprint density at radius 3 is 2.35 bits per heavy atom. The lowest BCUT2D eigenvalue weighted by molar-refractivity contribution is 0.594. The van der Waals surface area contributed by atoms with Crippen molar-refractivity contribution in [2.24, 2.45) is 0 Å². The summed E-state index contributed by atoms with van der Waals surface area (Å²) in [5.41, 5.74) is 4.80. The Morgan fingerprint density at radius 1 is 1.05 bits per heavy atom. The number of rotatable bonds is 3. The van der Waals surface area contributed by atoms with Crippen molar-refractivity contribution in [2.75, 3.05) is 10.5 Å². The average Bonchev–Trinajstić information content (AvgIpc) is 2.36. The molecule has 4 nitrogen and oxygen atoms in total. The van der Waals surface area contributed by atoms with Gasteiger partial charge in [-0.2, -0.15) is 0 Å². The highest BCUT2D eigenvalue weighted by Crippen LogP contribution is 2.23. The molecule has 106 valence electrons. The normalized spacial score (nSPS) is 11.3. The van der Waals surface area contributed by atoms with Crippen molar-refractivity contribution in [2.45, 2.75) is 4.90 Å². The van der Waals surface area contributed by atoms with Crippen LogP contribution < -0.4 is 10.5 Å². The first-order chi connectivity index (χ1) is 9.29. The molecule has 0 heterocycles. The first kappa shape index (κ1) is 14.5. The van der Waals surface area contributed by atoms with Crippen LogP contribution in [-0.4, -0.2) is 8.42 Å². The molecular formula is C12H9ClF2N2O2S. The van der Waals surface area contributed by atoms with Crippen LogP contribution in [0.3, 0.4) is 0 Å². The highest BCUT2D eigenvalue weighted by molar-refractivity contribution is 7.92. The quantitative estimate of drug-likeness (QED) is 0.854. The van der Waals surface area contributed by atoms with Crippen molar-refractivity contribution >= 4 is 33.0 Å². The highest BCUT2D eigenvalue weighted by Gasteiger charge is 2.17. The van der Waals surface area contributed by atoms with E-state index in [1.165, 1.54) is 12.1 Å². The average molecular weight is 319 g/mol. The van der Waals surface area contributed by atoms with E-state index < -0.39 is 21.7 Å². The third-order valence-electron chi connectivity index (χ3n) is 2.46. The summed E-state index contributed by atoms with van der Waals surface area (Å²) in [6, 6.07) is 6.44. The molecule has 0 aliphatic carbocycles. The van der Waals surface area contributed by atoms with Crippen molar-refractivity contribution in [3.05, 3.63) is 53.1 Å². The molecule has 0 radical (unpaired) electrons. The number of benzene rings is 2. The van der Waals surface area contributed by atoms with Crippen LogP contribution in [0, 0.1) is 11.6 Å². The third kappa shape index (κ3) is 3.00. The van der Waals surface area contributed by atoms with Crippen molar-refractivity contribution in [3.63, 3.8) is 0 Å². The fourth-order valence-corrected chi connectivity index (χ4v) is 2.69. The Morgan fingerprint density at radius 2 is 1.75 bits per heavy atom. The predicted molar refractivity (Wildman–Crippen MR) is 73.0 cm³/mol. The monoisotopic (exact) mass is 318 g/mol. The van der Waals surface area contributed by atoms with Crippen molar-refractivity contribution in [1.29, 1.82) is 0 Å². The van der Waals surface area contributed by atoms with E-state index in [9.17, 15) is 17.2 Å². The number of anilines is 2. The van der Waals surface area contributed by atoms with Gasteiger partial charge >= 0.3 is 0 Å². The summed E-state index contributed by atoms with van der Waals surface area (Å²) in [7, 11) is -4.12. The predicted octanol–water partition coefficient (Wildman–Crippen LogP) is 3.00. The van der Waals surface area contributed by atoms with Crippen molar-refractivity contribution < 1.29 is 17.2 Å². The molecule has 2 aromatic rings. The lowest BCUT2D eigenvalue weighted by Gasteiger charge is -2.09. The summed E-state index contributed by atoms with van der Waals surface area (Å²) in [4.78, 5) is -0.362. The number of nitrogens with one attached hydrogen (secondary N) is 1. The van der Waals surface area contributed by atoms with Gasteiger partial charge in [0, 0.05) is 5.02 Å². The molecule has 0 aliphatic rings. The van der Waals surface area contributed by atoms with Crippen molar-refractivity contribution in [3.8, 4) is 0 Å². The molecular weight excluding hydrogens is 310 g/mol. The number of nitrogens with two attached hydrogens (primary N) is 1. The van der Waals surface area contributed by atoms with E-state index >= 15 is 0 Å². The minimum atomic E-state index is -4.12. The topological polar surface area (TPSA) is 72.2 Å². The van der Waals surface area contributed by atoms with Crippen LogP contribution in [-0.2, 0) is 10.0 Å². The number of nitrogen functional groups attached to an aromatic ring is 1. The van der Waals surface area contributed by atoms with E-state index in [4.69, 9.17) is 17.3 Å². The van der Waals surface area contributed by atoms with Gasteiger partial charge in [0.1, 0.15) is 11.6 Å². The molecule has 2 aromatic carbocycles. The first-order valence-corrected chi connectivity index (χ1v) is 7.18. The summed E-state index contributed by atoms with van der Waals surface area (Å²) in [6.45, 7) is 0. The molecule has 0 spiro atoms. The molecule has 0 atom stereocenters. The molecule has 0 fully saturated rings. The molecule has 0 amide bonds. The minimum absolute atomic E-state index is 0.129. The lowest BCUT2D eigenvalue weighted by Crippen LogP contribution is -2.14. The zero-order chi connectivity index (χ0) is 14.9. The SMILES string of the molecule is Nc1ccc(S(=O)(=O)Nc2ccc(Cl)cc2F)cc1F. The maximum Gasteiger partial charge on any atom is 0.262 e. The molecule has 20 heavy (non-hydrogen) atoms. The zero-order valence-corrected chi connectivity index (χ0v) is 11.5. The standard InChI is InChI=1S/C12H9ClF2N2O2S/c13-7-1-4-12(10(15)5-7)17-20(18,19)8-2-3-11(16)9(14)6-8/h1-6,17H,16H2. The zero-order valence-electron chi connectivity index (χ0n) is 9.90. The van der Waals surface area contributed by atoms with E-state index in [0.29, 0.717) is 0 Å². The number of halogens is 3. The van der Waals surface area contributed by atoms with Crippen LogP contribution in [0.25, 0.3) is 0 Å². The van der Waals surface area contributed by atoms with Gasteiger partial charge in [-0.15, -0.1) is 0 Å². The van der Waals surface area contributed by atoms with Gasteiger partial charge in [-0.3, -0.25) is 4.72 Å². The minimum Gasteiger partial charge on any atom is -0.396 e. The van der Waals surface area contributed by atoms with Gasteiger partial charge in [0.05, 0.1) is 16.3 Å². The largest absolute Gasteiger partial charge is 0.396 e. The molecule has 2 rings (SSSR count). The molecule has 0 aromatic heterocycles. The number of hydrogen-bond acceptors (Lipinski definition) is 3. The molecule has 0 saturated carbocycles. The fraction of sp³-hybridized carbons (Fsp3) is 0. The number of sulfonamides is 1. The van der Waals surface area contributed by atoms with Crippen LogP contribution in [0.1, 0.15) is 0 Å².